The Morgan fingerprint density at radius 2 is 2.33 bits per heavy atom. The van der Waals surface area contributed by atoms with E-state index in [9.17, 15) is 8.42 Å². The number of thioether (sulfide) groups is 1. The maximum atomic E-state index is 10.8. The lowest BCUT2D eigenvalue weighted by Crippen LogP contribution is -2.07. The molecule has 0 aliphatic carbocycles. The Bertz CT molecular complexity index is 487. The molecule has 82 valence electrons. The van der Waals surface area contributed by atoms with Crippen LogP contribution in [0.15, 0.2) is 5.16 Å². The molecule has 9 heteroatoms. The minimum atomic E-state index is -3.61. The first kappa shape index (κ1) is 11.8. The Hall–Kier alpha value is -1.27. The third-order valence-corrected chi connectivity index (χ3v) is 2.53. The van der Waals surface area contributed by atoms with Gasteiger partial charge in [-0.25, -0.2) is 4.68 Å². The molecule has 7 nitrogen and oxygen atoms in total. The highest BCUT2D eigenvalue weighted by atomic mass is 32.2. The van der Waals surface area contributed by atoms with Gasteiger partial charge in [0, 0.05) is 7.05 Å². The number of nitriles is 1. The second-order valence-corrected chi connectivity index (χ2v) is 5.05. The predicted molar refractivity (Wildman–Crippen MR) is 52.8 cm³/mol. The van der Waals surface area contributed by atoms with E-state index in [2.05, 4.69) is 14.3 Å². The Labute approximate surface area is 91.2 Å². The summed E-state index contributed by atoms with van der Waals surface area (Å²) in [6, 6.07) is 1.69. The van der Waals surface area contributed by atoms with Gasteiger partial charge in [-0.05, 0) is 0 Å². The van der Waals surface area contributed by atoms with Gasteiger partial charge in [0.15, 0.2) is 5.16 Å². The topological polar surface area (TPSA) is 97.9 Å². The van der Waals surface area contributed by atoms with Crippen LogP contribution in [-0.4, -0.2) is 35.2 Å². The summed E-state index contributed by atoms with van der Waals surface area (Å²) in [7, 11) is -2.03. The Kier molecular flexibility index (Phi) is 3.54. The minimum absolute atomic E-state index is 0.213. The number of hydrogen-bond acceptors (Lipinski definition) is 7. The summed E-state index contributed by atoms with van der Waals surface area (Å²) in [6.07, 6.45) is 0.908. The van der Waals surface area contributed by atoms with Gasteiger partial charge in [0.1, 0.15) is 0 Å². The van der Waals surface area contributed by atoms with E-state index >= 15 is 0 Å². The van der Waals surface area contributed by atoms with Gasteiger partial charge in [0.05, 0.1) is 18.1 Å². The number of hydrogen-bond donors (Lipinski definition) is 0. The fraction of sp³-hybridized carbons (Fsp3) is 0.500. The van der Waals surface area contributed by atoms with Crippen LogP contribution in [0.25, 0.3) is 0 Å². The molecule has 0 aromatic carbocycles. The van der Waals surface area contributed by atoms with Crippen LogP contribution in [0.4, 0.5) is 0 Å². The Morgan fingerprint density at radius 3 is 2.87 bits per heavy atom. The molecule has 0 atom stereocenters. The van der Waals surface area contributed by atoms with Crippen molar-refractivity contribution in [3.05, 3.63) is 0 Å². The summed E-state index contributed by atoms with van der Waals surface area (Å²) >= 11 is 1.15. The van der Waals surface area contributed by atoms with Crippen molar-refractivity contribution in [2.45, 2.75) is 5.16 Å². The highest BCUT2D eigenvalue weighted by molar-refractivity contribution is 7.99. The molecule has 0 bridgehead atoms. The number of aryl methyl sites for hydroxylation is 1. The summed E-state index contributed by atoms with van der Waals surface area (Å²) in [5, 5.41) is 12.5. The third-order valence-electron chi connectivity index (χ3n) is 1.20. The van der Waals surface area contributed by atoms with Crippen LogP contribution in [-0.2, 0) is 17.2 Å². The fourth-order valence-electron chi connectivity index (χ4n) is 0.741. The molecule has 0 unspecified atom stereocenters. The van der Waals surface area contributed by atoms with E-state index in [1.807, 2.05) is 6.07 Å². The average molecular weight is 248 g/mol. The molecule has 1 rings (SSSR count). The van der Waals surface area contributed by atoms with Crippen molar-refractivity contribution < 1.29 is 12.6 Å². The van der Waals surface area contributed by atoms with Crippen molar-refractivity contribution in [2.24, 2.45) is 7.05 Å². The largest absolute Gasteiger partial charge is 0.352 e. The molecular formula is C6H8N4O3S2. The smallest absolute Gasteiger partial charge is 0.342 e. The number of aromatic nitrogens is 3. The van der Waals surface area contributed by atoms with Crippen LogP contribution in [0.5, 0.6) is 6.01 Å². The van der Waals surface area contributed by atoms with Crippen molar-refractivity contribution >= 4 is 21.9 Å². The van der Waals surface area contributed by atoms with Crippen LogP contribution in [0.2, 0.25) is 0 Å². The van der Waals surface area contributed by atoms with Gasteiger partial charge in [-0.3, -0.25) is 0 Å². The zero-order chi connectivity index (χ0) is 11.5. The maximum absolute atomic E-state index is 10.8. The van der Waals surface area contributed by atoms with Gasteiger partial charge in [-0.2, -0.15) is 18.7 Å². The quantitative estimate of drug-likeness (QED) is 0.536. The van der Waals surface area contributed by atoms with Crippen LogP contribution >= 0.6 is 11.8 Å². The third kappa shape index (κ3) is 3.77. The van der Waals surface area contributed by atoms with Gasteiger partial charge < -0.3 is 4.18 Å². The monoisotopic (exact) mass is 248 g/mol. The van der Waals surface area contributed by atoms with E-state index in [4.69, 9.17) is 5.26 Å². The van der Waals surface area contributed by atoms with E-state index in [1.165, 1.54) is 4.68 Å². The molecule has 0 fully saturated rings. The highest BCUT2D eigenvalue weighted by Gasteiger charge is 2.12. The van der Waals surface area contributed by atoms with Gasteiger partial charge in [-0.1, -0.05) is 11.8 Å². The van der Waals surface area contributed by atoms with E-state index in [0.717, 1.165) is 18.0 Å². The molecule has 0 saturated carbocycles. The number of rotatable bonds is 4. The molecule has 0 aliphatic rings. The zero-order valence-corrected chi connectivity index (χ0v) is 9.67. The Morgan fingerprint density at radius 1 is 1.67 bits per heavy atom. The van der Waals surface area contributed by atoms with Gasteiger partial charge in [0.25, 0.3) is 0 Å². The van der Waals surface area contributed by atoms with E-state index in [-0.39, 0.29) is 11.8 Å². The SMILES string of the molecule is Cn1nc(OS(C)(=O)=O)nc1SCC#N. The molecular weight excluding hydrogens is 240 g/mol. The van der Waals surface area contributed by atoms with Crippen LogP contribution in [0, 0.1) is 11.3 Å². The van der Waals surface area contributed by atoms with Crippen molar-refractivity contribution in [3.8, 4) is 12.1 Å². The molecule has 0 spiro atoms. The van der Waals surface area contributed by atoms with Crippen molar-refractivity contribution in [1.29, 1.82) is 5.26 Å². The highest BCUT2D eigenvalue weighted by Crippen LogP contribution is 2.17. The fourth-order valence-corrected chi connectivity index (χ4v) is 1.65. The lowest BCUT2D eigenvalue weighted by atomic mass is 10.9. The van der Waals surface area contributed by atoms with Crippen LogP contribution in [0.3, 0.4) is 0 Å². The standard InChI is InChI=1S/C6H8N4O3S2/c1-10-6(14-4-3-7)8-5(9-10)13-15(2,11)12/h4H2,1-2H3. The second-order valence-electron chi connectivity index (χ2n) is 2.53. The minimum Gasteiger partial charge on any atom is -0.342 e. The van der Waals surface area contributed by atoms with Gasteiger partial charge >= 0.3 is 16.1 Å². The molecule has 0 amide bonds. The predicted octanol–water partition coefficient (Wildman–Crippen LogP) is -0.231. The van der Waals surface area contributed by atoms with Crippen molar-refractivity contribution in [1.82, 2.24) is 14.8 Å². The first-order valence-corrected chi connectivity index (χ1v) is 6.53. The molecule has 0 saturated heterocycles. The van der Waals surface area contributed by atoms with Crippen molar-refractivity contribution in [2.75, 3.05) is 12.0 Å². The molecule has 0 radical (unpaired) electrons. The molecule has 1 aromatic rings. The average Bonchev–Trinajstić information content (AvgIpc) is 2.39. The lowest BCUT2D eigenvalue weighted by Gasteiger charge is -1.93. The van der Waals surface area contributed by atoms with E-state index in [0.29, 0.717) is 5.16 Å². The molecule has 0 aliphatic heterocycles. The summed E-state index contributed by atoms with van der Waals surface area (Å²) in [6.45, 7) is 0. The summed E-state index contributed by atoms with van der Waals surface area (Å²) in [4.78, 5) is 3.79. The molecule has 15 heavy (non-hydrogen) atoms. The second kappa shape index (κ2) is 4.50. The first-order valence-electron chi connectivity index (χ1n) is 3.72. The summed E-state index contributed by atoms with van der Waals surface area (Å²) in [5.74, 6) is 0.213. The van der Waals surface area contributed by atoms with E-state index in [1.54, 1.807) is 7.05 Å². The van der Waals surface area contributed by atoms with Crippen molar-refractivity contribution in [3.63, 3.8) is 0 Å². The summed E-state index contributed by atoms with van der Waals surface area (Å²) in [5.41, 5.74) is 0. The van der Waals surface area contributed by atoms with Gasteiger partial charge in [-0.15, -0.1) is 5.10 Å². The Balaban J connectivity index is 2.82. The maximum Gasteiger partial charge on any atom is 0.352 e. The van der Waals surface area contributed by atoms with Crippen LogP contribution in [0.1, 0.15) is 0 Å². The van der Waals surface area contributed by atoms with Gasteiger partial charge in [0.2, 0.25) is 0 Å². The molecule has 0 N–H and O–H groups in total. The normalized spacial score (nSPS) is 11.0. The molecule has 1 heterocycles. The lowest BCUT2D eigenvalue weighted by molar-refractivity contribution is 0.468. The zero-order valence-electron chi connectivity index (χ0n) is 8.04. The molecule has 1 aromatic heterocycles. The number of nitrogens with zero attached hydrogens (tertiary/aromatic N) is 4. The van der Waals surface area contributed by atoms with Crippen LogP contribution < -0.4 is 4.18 Å². The summed E-state index contributed by atoms with van der Waals surface area (Å²) < 4.78 is 27.4. The first-order chi connectivity index (χ1) is 6.92. The van der Waals surface area contributed by atoms with E-state index < -0.39 is 10.1 Å².